The second-order valence-electron chi connectivity index (χ2n) is 19.2. The van der Waals surface area contributed by atoms with Gasteiger partial charge in [0.05, 0.1) is 16.4 Å². The van der Waals surface area contributed by atoms with Crippen LogP contribution in [0.1, 0.15) is 22.3 Å². The van der Waals surface area contributed by atoms with Gasteiger partial charge in [0.1, 0.15) is 0 Å². The molecule has 0 atom stereocenters. The Hall–Kier alpha value is -9.50. The van der Waals surface area contributed by atoms with Gasteiger partial charge in [-0.05, 0) is 144 Å². The quantitative estimate of drug-likeness (QED) is 0.140. The van der Waals surface area contributed by atoms with Gasteiger partial charge < -0.3 is 9.47 Å². The fourth-order valence-electron chi connectivity index (χ4n) is 11.9. The highest BCUT2D eigenvalue weighted by atomic mass is 15.1. The minimum atomic E-state index is -0.504. The summed E-state index contributed by atoms with van der Waals surface area (Å²) in [6.07, 6.45) is 0. The van der Waals surface area contributed by atoms with E-state index in [0.717, 1.165) is 22.7 Å². The number of hydrogen-bond acceptors (Lipinski definition) is 1. The Kier molecular flexibility index (Phi) is 10.1. The molecule has 0 radical (unpaired) electrons. The van der Waals surface area contributed by atoms with Crippen molar-refractivity contribution in [2.45, 2.75) is 5.41 Å². The van der Waals surface area contributed by atoms with Crippen LogP contribution < -0.4 is 4.90 Å². The largest absolute Gasteiger partial charge is 0.310 e. The highest BCUT2D eigenvalue weighted by molar-refractivity contribution is 6.10. The average Bonchev–Trinajstić information content (AvgIpc) is 3.97. The predicted molar refractivity (Wildman–Crippen MR) is 307 cm³/mol. The Morgan fingerprint density at radius 2 is 0.753 bits per heavy atom. The van der Waals surface area contributed by atoms with Crippen LogP contribution in [0.5, 0.6) is 0 Å². The fourth-order valence-corrected chi connectivity index (χ4v) is 11.9. The standard InChI is InChI=1S/C71H48N2/c1-4-16-49(17-5-1)52-34-40-60(41-35-52)73-69-27-15-13-25-65(69)66-47-56(37-45-70(66)73)54-30-28-51(29-31-54)53-32-38-59(39-33-53)72(61-42-36-50-18-10-11-19-55(50)46-61)62-43-44-64-63-24-12-14-26-67(63)71(68(64)48-62,57-20-6-2-7-21-57)58-22-8-3-9-23-58/h1-48H. The zero-order valence-corrected chi connectivity index (χ0v) is 40.1. The fraction of sp³-hybridized carbons (Fsp3) is 0.0141. The summed E-state index contributed by atoms with van der Waals surface area (Å²) in [5.41, 5.74) is 21.2. The number of aromatic nitrogens is 1. The van der Waals surface area contributed by atoms with Crippen molar-refractivity contribution in [1.29, 1.82) is 0 Å². The van der Waals surface area contributed by atoms with Gasteiger partial charge in [-0.1, -0.05) is 224 Å². The van der Waals surface area contributed by atoms with Crippen molar-refractivity contribution in [2.24, 2.45) is 0 Å². The molecule has 12 aromatic carbocycles. The number of benzene rings is 12. The first kappa shape index (κ1) is 42.4. The number of fused-ring (bicyclic) bond motifs is 7. The lowest BCUT2D eigenvalue weighted by Gasteiger charge is -2.35. The summed E-state index contributed by atoms with van der Waals surface area (Å²) >= 11 is 0. The zero-order valence-electron chi connectivity index (χ0n) is 40.1. The van der Waals surface area contributed by atoms with Crippen LogP contribution in [0.3, 0.4) is 0 Å². The molecule has 0 amide bonds. The molecule has 1 heterocycles. The average molecular weight is 929 g/mol. The Morgan fingerprint density at radius 3 is 1.47 bits per heavy atom. The lowest BCUT2D eigenvalue weighted by Crippen LogP contribution is -2.28. The number of nitrogens with zero attached hydrogens (tertiary/aromatic N) is 2. The molecule has 0 spiro atoms. The maximum Gasteiger partial charge on any atom is 0.0714 e. The van der Waals surface area contributed by atoms with E-state index in [9.17, 15) is 0 Å². The predicted octanol–water partition coefficient (Wildman–Crippen LogP) is 18.8. The number of para-hydroxylation sites is 1. The Bertz CT molecular complexity index is 4120. The zero-order chi connectivity index (χ0) is 48.3. The molecule has 1 aliphatic carbocycles. The van der Waals surface area contributed by atoms with Crippen molar-refractivity contribution in [3.05, 3.63) is 313 Å². The maximum atomic E-state index is 2.45. The third-order valence-corrected chi connectivity index (χ3v) is 15.3. The first-order valence-corrected chi connectivity index (χ1v) is 25.2. The van der Waals surface area contributed by atoms with E-state index in [1.165, 1.54) is 99.3 Å². The van der Waals surface area contributed by atoms with Gasteiger partial charge in [0.2, 0.25) is 0 Å². The van der Waals surface area contributed by atoms with Crippen molar-refractivity contribution >= 4 is 49.6 Å². The molecule has 14 rings (SSSR count). The van der Waals surface area contributed by atoms with Gasteiger partial charge in [-0.3, -0.25) is 0 Å². The first-order valence-electron chi connectivity index (χ1n) is 25.2. The molecule has 0 saturated carbocycles. The van der Waals surface area contributed by atoms with E-state index in [1.807, 2.05) is 0 Å². The SMILES string of the molecule is c1ccc(-c2ccc(-n3c4ccccc4c4cc(-c5ccc(-c6ccc(N(c7ccc8c(c7)C(c7ccccc7)(c7ccccc7)c7ccccc7-8)c7ccc8ccccc8c7)cc6)cc5)ccc43)cc2)cc1. The molecule has 2 heteroatoms. The lowest BCUT2D eigenvalue weighted by atomic mass is 9.67. The molecule has 2 nitrogen and oxygen atoms in total. The topological polar surface area (TPSA) is 8.17 Å². The third-order valence-electron chi connectivity index (χ3n) is 15.3. The van der Waals surface area contributed by atoms with Crippen LogP contribution in [0.15, 0.2) is 291 Å². The minimum Gasteiger partial charge on any atom is -0.310 e. The molecule has 13 aromatic rings. The maximum absolute atomic E-state index is 2.45. The normalized spacial score (nSPS) is 12.5. The summed E-state index contributed by atoms with van der Waals surface area (Å²) in [7, 11) is 0. The van der Waals surface area contributed by atoms with E-state index in [2.05, 4.69) is 301 Å². The number of hydrogen-bond donors (Lipinski definition) is 0. The van der Waals surface area contributed by atoms with Gasteiger partial charge >= 0.3 is 0 Å². The summed E-state index contributed by atoms with van der Waals surface area (Å²) in [4.78, 5) is 2.43. The Balaban J connectivity index is 0.827. The van der Waals surface area contributed by atoms with Crippen molar-refractivity contribution in [2.75, 3.05) is 4.90 Å². The molecule has 1 aliphatic rings. The minimum absolute atomic E-state index is 0.504. The molecule has 1 aromatic heterocycles. The van der Waals surface area contributed by atoms with Gasteiger partial charge in [-0.2, -0.15) is 0 Å². The molecule has 342 valence electrons. The molecule has 0 unspecified atom stereocenters. The van der Waals surface area contributed by atoms with E-state index in [4.69, 9.17) is 0 Å². The number of anilines is 3. The lowest BCUT2D eigenvalue weighted by molar-refractivity contribution is 0.768. The third kappa shape index (κ3) is 7.02. The van der Waals surface area contributed by atoms with Crippen LogP contribution in [-0.2, 0) is 5.41 Å². The summed E-state index contributed by atoms with van der Waals surface area (Å²) in [6.45, 7) is 0. The number of rotatable bonds is 9. The van der Waals surface area contributed by atoms with Crippen molar-refractivity contribution in [3.63, 3.8) is 0 Å². The molecule has 0 saturated heterocycles. The molecule has 0 fully saturated rings. The van der Waals surface area contributed by atoms with Crippen LogP contribution in [0.25, 0.3) is 82.8 Å². The van der Waals surface area contributed by atoms with E-state index in [1.54, 1.807) is 0 Å². The summed E-state index contributed by atoms with van der Waals surface area (Å²) < 4.78 is 2.39. The smallest absolute Gasteiger partial charge is 0.0714 e. The summed E-state index contributed by atoms with van der Waals surface area (Å²) in [6, 6.07) is 107. The monoisotopic (exact) mass is 928 g/mol. The highest BCUT2D eigenvalue weighted by Crippen LogP contribution is 2.57. The molecule has 0 N–H and O–H groups in total. The van der Waals surface area contributed by atoms with E-state index >= 15 is 0 Å². The van der Waals surface area contributed by atoms with E-state index < -0.39 is 5.41 Å². The van der Waals surface area contributed by atoms with Gasteiger partial charge in [0.25, 0.3) is 0 Å². The van der Waals surface area contributed by atoms with E-state index in [0.29, 0.717) is 0 Å². The molecule has 0 bridgehead atoms. The summed E-state index contributed by atoms with van der Waals surface area (Å²) in [5, 5.41) is 4.92. The van der Waals surface area contributed by atoms with Gasteiger partial charge in [0.15, 0.2) is 0 Å². The molecule has 73 heavy (non-hydrogen) atoms. The van der Waals surface area contributed by atoms with Crippen molar-refractivity contribution in [3.8, 4) is 50.2 Å². The Labute approximate surface area is 426 Å². The second-order valence-corrected chi connectivity index (χ2v) is 19.2. The van der Waals surface area contributed by atoms with Crippen molar-refractivity contribution in [1.82, 2.24) is 4.57 Å². The molecule has 0 aliphatic heterocycles. The highest BCUT2D eigenvalue weighted by Gasteiger charge is 2.46. The van der Waals surface area contributed by atoms with Gasteiger partial charge in [0, 0.05) is 33.5 Å². The molecular formula is C71H48N2. The Morgan fingerprint density at radius 1 is 0.274 bits per heavy atom. The van der Waals surface area contributed by atoms with Gasteiger partial charge in [-0.25, -0.2) is 0 Å². The molecular weight excluding hydrogens is 881 g/mol. The van der Waals surface area contributed by atoms with Crippen molar-refractivity contribution < 1.29 is 0 Å². The van der Waals surface area contributed by atoms with E-state index in [-0.39, 0.29) is 0 Å². The van der Waals surface area contributed by atoms with Crippen LogP contribution in [0.4, 0.5) is 17.1 Å². The van der Waals surface area contributed by atoms with Crippen LogP contribution in [0.2, 0.25) is 0 Å². The summed E-state index contributed by atoms with van der Waals surface area (Å²) in [5.74, 6) is 0. The first-order chi connectivity index (χ1) is 36.2. The second kappa shape index (κ2) is 17.4. The van der Waals surface area contributed by atoms with Crippen LogP contribution in [-0.4, -0.2) is 4.57 Å². The van der Waals surface area contributed by atoms with Crippen LogP contribution >= 0.6 is 0 Å². The van der Waals surface area contributed by atoms with Gasteiger partial charge in [-0.15, -0.1) is 0 Å². The van der Waals surface area contributed by atoms with Crippen LogP contribution in [0, 0.1) is 0 Å².